The number of hydrogen-bond acceptors (Lipinski definition) is 1. The second-order valence-electron chi connectivity index (χ2n) is 11.3. The molecule has 1 nitrogen and oxygen atoms in total. The monoisotopic (exact) mass is 404 g/mol. The van der Waals surface area contributed by atoms with Crippen molar-refractivity contribution in [1.82, 2.24) is 0 Å². The van der Waals surface area contributed by atoms with Crippen LogP contribution in [0.15, 0.2) is 0 Å². The molecule has 3 fully saturated rings. The van der Waals surface area contributed by atoms with E-state index in [9.17, 15) is 0 Å². The van der Waals surface area contributed by atoms with Crippen molar-refractivity contribution in [2.45, 2.75) is 148 Å². The molecule has 3 aliphatic rings. The summed E-state index contributed by atoms with van der Waals surface area (Å²) in [6.45, 7) is 5.76. The van der Waals surface area contributed by atoms with Crippen molar-refractivity contribution in [3.63, 3.8) is 0 Å². The standard InChI is InChI=1S/C28H52O/c1-3-5-8-11-24-14-16-27(17-15-24)29-23-28(20-6-4-2)21-18-26(19-22-28)25-12-9-7-10-13-25/h24-27H,3-23H2,1-2H3. The highest BCUT2D eigenvalue weighted by atomic mass is 16.5. The van der Waals surface area contributed by atoms with Crippen LogP contribution in [0.1, 0.15) is 142 Å². The van der Waals surface area contributed by atoms with E-state index < -0.39 is 0 Å². The van der Waals surface area contributed by atoms with E-state index in [2.05, 4.69) is 13.8 Å². The van der Waals surface area contributed by atoms with Gasteiger partial charge in [-0.15, -0.1) is 0 Å². The van der Waals surface area contributed by atoms with Gasteiger partial charge in [0.1, 0.15) is 0 Å². The first kappa shape index (κ1) is 23.6. The van der Waals surface area contributed by atoms with Gasteiger partial charge in [0.25, 0.3) is 0 Å². The third kappa shape index (κ3) is 7.55. The lowest BCUT2D eigenvalue weighted by Gasteiger charge is -2.44. The molecular weight excluding hydrogens is 352 g/mol. The van der Waals surface area contributed by atoms with Gasteiger partial charge in [0.2, 0.25) is 0 Å². The number of ether oxygens (including phenoxy) is 1. The Labute approximate surface area is 183 Å². The number of unbranched alkanes of at least 4 members (excludes halogenated alkanes) is 3. The van der Waals surface area contributed by atoms with Crippen molar-refractivity contribution in [2.75, 3.05) is 6.61 Å². The van der Waals surface area contributed by atoms with Crippen LogP contribution >= 0.6 is 0 Å². The first-order chi connectivity index (χ1) is 14.2. The van der Waals surface area contributed by atoms with Gasteiger partial charge in [0, 0.05) is 0 Å². The quantitative estimate of drug-likeness (QED) is 0.312. The molecular formula is C28H52O. The van der Waals surface area contributed by atoms with E-state index in [0.717, 1.165) is 24.4 Å². The summed E-state index contributed by atoms with van der Waals surface area (Å²) in [5.74, 6) is 3.11. The molecule has 0 N–H and O–H groups in total. The van der Waals surface area contributed by atoms with Crippen molar-refractivity contribution >= 4 is 0 Å². The third-order valence-corrected chi connectivity index (χ3v) is 9.10. The fraction of sp³-hybridized carbons (Fsp3) is 1.00. The maximum absolute atomic E-state index is 6.68. The normalized spacial score (nSPS) is 34.3. The lowest BCUT2D eigenvalue weighted by Crippen LogP contribution is -2.36. The van der Waals surface area contributed by atoms with Crippen LogP contribution in [0.2, 0.25) is 0 Å². The summed E-state index contributed by atoms with van der Waals surface area (Å²) in [5.41, 5.74) is 0.527. The molecule has 3 saturated carbocycles. The van der Waals surface area contributed by atoms with Gasteiger partial charge in [-0.25, -0.2) is 0 Å². The molecule has 170 valence electrons. The highest BCUT2D eigenvalue weighted by molar-refractivity contribution is 4.89. The lowest BCUT2D eigenvalue weighted by molar-refractivity contribution is -0.0565. The molecule has 0 bridgehead atoms. The van der Waals surface area contributed by atoms with Crippen LogP contribution in [0.3, 0.4) is 0 Å². The second kappa shape index (κ2) is 12.7. The molecule has 0 aromatic carbocycles. The van der Waals surface area contributed by atoms with Gasteiger partial charge >= 0.3 is 0 Å². The number of rotatable bonds is 11. The Morgan fingerprint density at radius 2 is 1.34 bits per heavy atom. The van der Waals surface area contributed by atoms with E-state index in [1.165, 1.54) is 128 Å². The zero-order chi connectivity index (χ0) is 20.4. The van der Waals surface area contributed by atoms with E-state index in [0.29, 0.717) is 11.5 Å². The molecule has 0 aromatic rings. The zero-order valence-corrected chi connectivity index (χ0v) is 20.1. The Kier molecular flexibility index (Phi) is 10.4. The summed E-state index contributed by atoms with van der Waals surface area (Å²) >= 11 is 0. The van der Waals surface area contributed by atoms with Gasteiger partial charge in [-0.05, 0) is 81.0 Å². The Hall–Kier alpha value is -0.0400. The summed E-state index contributed by atoms with van der Waals surface area (Å²) in [5, 5.41) is 0. The Morgan fingerprint density at radius 1 is 0.690 bits per heavy atom. The van der Waals surface area contributed by atoms with E-state index in [1.54, 1.807) is 0 Å². The van der Waals surface area contributed by atoms with Crippen molar-refractivity contribution in [2.24, 2.45) is 23.2 Å². The molecule has 0 atom stereocenters. The zero-order valence-electron chi connectivity index (χ0n) is 20.1. The van der Waals surface area contributed by atoms with E-state index in [4.69, 9.17) is 4.74 Å². The van der Waals surface area contributed by atoms with Gasteiger partial charge in [0.05, 0.1) is 12.7 Å². The van der Waals surface area contributed by atoms with Crippen LogP contribution in [-0.4, -0.2) is 12.7 Å². The minimum absolute atomic E-state index is 0.527. The molecule has 0 radical (unpaired) electrons. The Bertz CT molecular complexity index is 408. The van der Waals surface area contributed by atoms with Crippen LogP contribution in [0.4, 0.5) is 0 Å². The van der Waals surface area contributed by atoms with E-state index >= 15 is 0 Å². The fourth-order valence-electron chi connectivity index (χ4n) is 6.91. The van der Waals surface area contributed by atoms with E-state index in [-0.39, 0.29) is 0 Å². The van der Waals surface area contributed by atoms with Crippen molar-refractivity contribution in [1.29, 1.82) is 0 Å². The molecule has 0 unspecified atom stereocenters. The largest absolute Gasteiger partial charge is 0.378 e. The maximum Gasteiger partial charge on any atom is 0.0575 e. The molecule has 0 amide bonds. The fourth-order valence-corrected chi connectivity index (χ4v) is 6.91. The summed E-state index contributed by atoms with van der Waals surface area (Å²) in [6.07, 6.45) is 29.5. The number of hydrogen-bond donors (Lipinski definition) is 0. The van der Waals surface area contributed by atoms with Crippen molar-refractivity contribution in [3.05, 3.63) is 0 Å². The summed E-state index contributed by atoms with van der Waals surface area (Å²) < 4.78 is 6.68. The highest BCUT2D eigenvalue weighted by Crippen LogP contribution is 2.48. The molecule has 0 aliphatic heterocycles. The van der Waals surface area contributed by atoms with Crippen LogP contribution in [0.25, 0.3) is 0 Å². The average Bonchev–Trinajstić information content (AvgIpc) is 2.78. The van der Waals surface area contributed by atoms with Crippen LogP contribution in [0.5, 0.6) is 0 Å². The van der Waals surface area contributed by atoms with E-state index in [1.807, 2.05) is 0 Å². The van der Waals surface area contributed by atoms with Crippen molar-refractivity contribution in [3.8, 4) is 0 Å². The van der Waals surface area contributed by atoms with Crippen LogP contribution in [-0.2, 0) is 4.74 Å². The first-order valence-electron chi connectivity index (χ1n) is 13.9. The molecule has 3 aliphatic carbocycles. The minimum Gasteiger partial charge on any atom is -0.378 e. The summed E-state index contributed by atoms with van der Waals surface area (Å²) in [6, 6.07) is 0. The lowest BCUT2D eigenvalue weighted by atomic mass is 9.64. The summed E-state index contributed by atoms with van der Waals surface area (Å²) in [7, 11) is 0. The third-order valence-electron chi connectivity index (χ3n) is 9.10. The van der Waals surface area contributed by atoms with Gasteiger partial charge in [-0.3, -0.25) is 0 Å². The SMILES string of the molecule is CCCCCC1CCC(OCC2(CCCC)CCC(C3CCCCC3)CC2)CC1. The Morgan fingerprint density at radius 3 is 2.00 bits per heavy atom. The maximum atomic E-state index is 6.68. The highest BCUT2D eigenvalue weighted by Gasteiger charge is 2.38. The molecule has 1 heteroatoms. The average molecular weight is 405 g/mol. The minimum atomic E-state index is 0.527. The van der Waals surface area contributed by atoms with Gasteiger partial charge in [-0.2, -0.15) is 0 Å². The Balaban J connectivity index is 1.41. The molecule has 0 saturated heterocycles. The van der Waals surface area contributed by atoms with Gasteiger partial charge in [0.15, 0.2) is 0 Å². The second-order valence-corrected chi connectivity index (χ2v) is 11.3. The first-order valence-corrected chi connectivity index (χ1v) is 13.9. The molecule has 29 heavy (non-hydrogen) atoms. The molecule has 0 spiro atoms. The van der Waals surface area contributed by atoms with Crippen molar-refractivity contribution < 1.29 is 4.74 Å². The van der Waals surface area contributed by atoms with Crippen LogP contribution < -0.4 is 0 Å². The predicted octanol–water partition coefficient (Wildman–Crippen LogP) is 9.09. The predicted molar refractivity (Wildman–Crippen MR) is 126 cm³/mol. The van der Waals surface area contributed by atoms with Crippen LogP contribution in [0, 0.1) is 23.2 Å². The van der Waals surface area contributed by atoms with Gasteiger partial charge in [-0.1, -0.05) is 84.5 Å². The topological polar surface area (TPSA) is 9.23 Å². The smallest absolute Gasteiger partial charge is 0.0575 e. The molecule has 3 rings (SSSR count). The van der Waals surface area contributed by atoms with Gasteiger partial charge < -0.3 is 4.74 Å². The molecule has 0 aromatic heterocycles. The molecule has 0 heterocycles. The summed E-state index contributed by atoms with van der Waals surface area (Å²) in [4.78, 5) is 0.